The van der Waals surface area contributed by atoms with Gasteiger partial charge in [-0.05, 0) is 48.1 Å². The molecule has 0 atom stereocenters. The quantitative estimate of drug-likeness (QED) is 0.729. The average molecular weight is 416 g/mol. The summed E-state index contributed by atoms with van der Waals surface area (Å²) in [5.41, 5.74) is 3.29. The number of nitrogens with zero attached hydrogens (tertiary/aromatic N) is 3. The van der Waals surface area contributed by atoms with Crippen LogP contribution >= 0.6 is 0 Å². The van der Waals surface area contributed by atoms with Crippen LogP contribution in [0.15, 0.2) is 53.4 Å². The molecule has 0 spiro atoms. The number of rotatable bonds is 6. The number of urea groups is 1. The molecule has 6 nitrogen and oxygen atoms in total. The minimum Gasteiger partial charge on any atom is -0.328 e. The van der Waals surface area contributed by atoms with E-state index in [-0.39, 0.29) is 10.9 Å². The second kappa shape index (κ2) is 8.97. The van der Waals surface area contributed by atoms with Crippen LogP contribution in [0.3, 0.4) is 0 Å². The molecule has 3 rings (SSSR count). The number of carbonyl (C=O) groups excluding carboxylic acids is 1. The summed E-state index contributed by atoms with van der Waals surface area (Å²) in [7, 11) is 1.39. The fourth-order valence-corrected chi connectivity index (χ4v) is 4.52. The zero-order valence-electron chi connectivity index (χ0n) is 17.3. The lowest BCUT2D eigenvalue weighted by atomic mass is 10.0. The van der Waals surface area contributed by atoms with E-state index < -0.39 is 10.0 Å². The molecule has 29 heavy (non-hydrogen) atoms. The summed E-state index contributed by atoms with van der Waals surface area (Å²) in [5, 5.41) is 0. The van der Waals surface area contributed by atoms with E-state index in [1.54, 1.807) is 21.9 Å². The molecule has 156 valence electrons. The van der Waals surface area contributed by atoms with Crippen LogP contribution in [0.5, 0.6) is 0 Å². The molecule has 0 N–H and O–H groups in total. The Morgan fingerprint density at radius 3 is 2.45 bits per heavy atom. The van der Waals surface area contributed by atoms with Gasteiger partial charge >= 0.3 is 6.03 Å². The van der Waals surface area contributed by atoms with Crippen molar-refractivity contribution >= 4 is 16.1 Å². The van der Waals surface area contributed by atoms with Crippen LogP contribution in [0, 0.1) is 0 Å². The fraction of sp³-hybridized carbons (Fsp3) is 0.409. The summed E-state index contributed by atoms with van der Waals surface area (Å²) in [4.78, 5) is 16.7. The van der Waals surface area contributed by atoms with Gasteiger partial charge < -0.3 is 9.80 Å². The smallest absolute Gasteiger partial charge is 0.320 e. The topological polar surface area (TPSA) is 60.9 Å². The Hall–Kier alpha value is -2.38. The Morgan fingerprint density at radius 1 is 1.03 bits per heavy atom. The lowest BCUT2D eigenvalue weighted by molar-refractivity contribution is 0.157. The second-order valence-corrected chi connectivity index (χ2v) is 9.83. The van der Waals surface area contributed by atoms with Gasteiger partial charge in [0.25, 0.3) is 0 Å². The summed E-state index contributed by atoms with van der Waals surface area (Å²) in [6.07, 6.45) is 2.58. The lowest BCUT2D eigenvalue weighted by Crippen LogP contribution is -2.44. The molecule has 0 bridgehead atoms. The summed E-state index contributed by atoms with van der Waals surface area (Å²) in [6, 6.07) is 15.5. The summed E-state index contributed by atoms with van der Waals surface area (Å²) in [6.45, 7) is 1.77. The first-order chi connectivity index (χ1) is 13.8. The largest absolute Gasteiger partial charge is 0.328 e. The number of benzene rings is 2. The third-order valence-electron chi connectivity index (χ3n) is 5.37. The molecule has 0 fully saturated rings. The second-order valence-electron chi connectivity index (χ2n) is 7.68. The third-order valence-corrected chi connectivity index (χ3v) is 7.18. The van der Waals surface area contributed by atoms with Gasteiger partial charge in [0.15, 0.2) is 0 Å². The van der Waals surface area contributed by atoms with Crippen molar-refractivity contribution in [2.45, 2.75) is 30.7 Å². The highest BCUT2D eigenvalue weighted by Crippen LogP contribution is 2.24. The number of sulfonamides is 1. The highest BCUT2D eigenvalue weighted by Gasteiger charge is 2.25. The molecule has 7 heteroatoms. The molecule has 0 aromatic heterocycles. The first-order valence-corrected chi connectivity index (χ1v) is 11.3. The minimum atomic E-state index is -3.48. The molecule has 0 aliphatic carbocycles. The van der Waals surface area contributed by atoms with E-state index in [1.807, 2.05) is 31.3 Å². The van der Waals surface area contributed by atoms with Crippen molar-refractivity contribution < 1.29 is 13.2 Å². The first kappa shape index (κ1) is 21.3. The maximum absolute atomic E-state index is 12.9. The van der Waals surface area contributed by atoms with Gasteiger partial charge in [0.05, 0.1) is 4.90 Å². The normalized spacial score (nSPS) is 14.0. The molecular formula is C22H29N3O3S. The molecule has 0 unspecified atom stereocenters. The van der Waals surface area contributed by atoms with Crippen LogP contribution in [0.25, 0.3) is 0 Å². The van der Waals surface area contributed by atoms with Crippen LogP contribution in [0.1, 0.15) is 23.1 Å². The predicted molar refractivity (Wildman–Crippen MR) is 114 cm³/mol. The van der Waals surface area contributed by atoms with E-state index >= 15 is 0 Å². The van der Waals surface area contributed by atoms with Gasteiger partial charge in [-0.2, -0.15) is 0 Å². The molecule has 1 aliphatic rings. The van der Waals surface area contributed by atoms with Gasteiger partial charge in [-0.25, -0.2) is 17.5 Å². The molecule has 0 saturated heterocycles. The Labute approximate surface area is 173 Å². The number of hydrogen-bond donors (Lipinski definition) is 0. The molecule has 0 saturated carbocycles. The van der Waals surface area contributed by atoms with Gasteiger partial charge in [0, 0.05) is 40.8 Å². The predicted octanol–water partition coefficient (Wildman–Crippen LogP) is 2.98. The average Bonchev–Trinajstić information content (AvgIpc) is 2.72. The van der Waals surface area contributed by atoms with Gasteiger partial charge in [-0.15, -0.1) is 0 Å². The van der Waals surface area contributed by atoms with Gasteiger partial charge in [-0.3, -0.25) is 0 Å². The summed E-state index contributed by atoms with van der Waals surface area (Å²) >= 11 is 0. The number of carbonyl (C=O) groups is 1. The van der Waals surface area contributed by atoms with Gasteiger partial charge in [0.2, 0.25) is 10.0 Å². The summed E-state index contributed by atoms with van der Waals surface area (Å²) < 4.78 is 26.0. The van der Waals surface area contributed by atoms with E-state index in [0.717, 1.165) is 30.4 Å². The zero-order valence-corrected chi connectivity index (χ0v) is 18.2. The van der Waals surface area contributed by atoms with E-state index in [1.165, 1.54) is 24.0 Å². The van der Waals surface area contributed by atoms with Crippen molar-refractivity contribution in [3.05, 3.63) is 65.2 Å². The Kier molecular flexibility index (Phi) is 6.59. The van der Waals surface area contributed by atoms with Crippen molar-refractivity contribution in [1.82, 2.24) is 14.1 Å². The number of hydrogen-bond acceptors (Lipinski definition) is 3. The van der Waals surface area contributed by atoms with Crippen molar-refractivity contribution in [3.63, 3.8) is 0 Å². The molecule has 1 heterocycles. The van der Waals surface area contributed by atoms with Gasteiger partial charge in [-0.1, -0.05) is 36.4 Å². The molecule has 2 aromatic carbocycles. The monoisotopic (exact) mass is 415 g/mol. The molecule has 2 amide bonds. The Bertz CT molecular complexity index is 959. The van der Waals surface area contributed by atoms with Crippen molar-refractivity contribution in [1.29, 1.82) is 0 Å². The first-order valence-electron chi connectivity index (χ1n) is 9.87. The van der Waals surface area contributed by atoms with Crippen LogP contribution in [-0.2, 0) is 29.4 Å². The third kappa shape index (κ3) is 4.97. The SMILES string of the molecule is CN(CCCc1ccccc1)C(=O)N1CCc2ccc(S(=O)(=O)N(C)C)cc2C1. The van der Waals surface area contributed by atoms with E-state index in [4.69, 9.17) is 0 Å². The summed E-state index contributed by atoms with van der Waals surface area (Å²) in [5.74, 6) is 0. The number of aryl methyl sites for hydroxylation is 1. The zero-order chi connectivity index (χ0) is 21.0. The fourth-order valence-electron chi connectivity index (χ4n) is 3.57. The maximum Gasteiger partial charge on any atom is 0.320 e. The lowest BCUT2D eigenvalue weighted by Gasteiger charge is -2.32. The van der Waals surface area contributed by atoms with Gasteiger partial charge in [0.1, 0.15) is 0 Å². The van der Waals surface area contributed by atoms with E-state index in [2.05, 4.69) is 12.1 Å². The number of fused-ring (bicyclic) bond motifs is 1. The Morgan fingerprint density at radius 2 is 1.76 bits per heavy atom. The number of amides is 2. The standard InChI is InChI=1S/C22H29N3O3S/c1-23(2)29(27,28)21-12-11-19-13-15-25(17-20(19)16-21)22(26)24(3)14-7-10-18-8-5-4-6-9-18/h4-6,8-9,11-12,16H,7,10,13-15,17H2,1-3H3. The van der Waals surface area contributed by atoms with Crippen LogP contribution in [0.2, 0.25) is 0 Å². The maximum atomic E-state index is 12.9. The molecule has 1 aliphatic heterocycles. The Balaban J connectivity index is 1.62. The van der Waals surface area contributed by atoms with Crippen molar-refractivity contribution in [3.8, 4) is 0 Å². The van der Waals surface area contributed by atoms with Crippen molar-refractivity contribution in [2.24, 2.45) is 0 Å². The van der Waals surface area contributed by atoms with Crippen LogP contribution in [0.4, 0.5) is 4.79 Å². The highest BCUT2D eigenvalue weighted by atomic mass is 32.2. The molecule has 0 radical (unpaired) electrons. The highest BCUT2D eigenvalue weighted by molar-refractivity contribution is 7.89. The van der Waals surface area contributed by atoms with Crippen LogP contribution < -0.4 is 0 Å². The van der Waals surface area contributed by atoms with Crippen LogP contribution in [-0.4, -0.2) is 62.8 Å². The molecular weight excluding hydrogens is 386 g/mol. The molecule has 2 aromatic rings. The van der Waals surface area contributed by atoms with Crippen molar-refractivity contribution in [2.75, 3.05) is 34.2 Å². The van der Waals surface area contributed by atoms with E-state index in [0.29, 0.717) is 19.6 Å². The van der Waals surface area contributed by atoms with E-state index in [9.17, 15) is 13.2 Å². The minimum absolute atomic E-state index is 0.00965.